The summed E-state index contributed by atoms with van der Waals surface area (Å²) in [6.07, 6.45) is 3.23. The maximum Gasteiger partial charge on any atom is 0.240 e. The van der Waals surface area contributed by atoms with E-state index in [1.165, 1.54) is 12.1 Å². The van der Waals surface area contributed by atoms with Gasteiger partial charge in [-0.2, -0.15) is 0 Å². The molecule has 6 nitrogen and oxygen atoms in total. The van der Waals surface area contributed by atoms with Gasteiger partial charge in [-0.15, -0.1) is 0 Å². The highest BCUT2D eigenvalue weighted by Gasteiger charge is 2.25. The van der Waals surface area contributed by atoms with Crippen LogP contribution < -0.4 is 14.9 Å². The van der Waals surface area contributed by atoms with Crippen LogP contribution >= 0.6 is 11.6 Å². The summed E-state index contributed by atoms with van der Waals surface area (Å²) in [6.45, 7) is 4.01. The molecule has 0 aromatic heterocycles. The molecule has 0 aliphatic carbocycles. The molecule has 0 atom stereocenters. The molecular weight excluding hydrogens is 422 g/mol. The van der Waals surface area contributed by atoms with Crippen molar-refractivity contribution in [1.82, 2.24) is 4.72 Å². The number of sulfonamides is 1. The second-order valence-corrected chi connectivity index (χ2v) is 9.71. The number of hydrogen-bond donors (Lipinski definition) is 2. The fourth-order valence-corrected chi connectivity index (χ4v) is 4.76. The van der Waals surface area contributed by atoms with E-state index in [9.17, 15) is 13.2 Å². The lowest BCUT2D eigenvalue weighted by atomic mass is 9.95. The molecule has 1 aliphatic rings. The molecule has 0 saturated carbocycles. The third-order valence-electron chi connectivity index (χ3n) is 5.29. The average molecular weight is 450 g/mol. The zero-order valence-corrected chi connectivity index (χ0v) is 18.7. The Morgan fingerprint density at radius 1 is 1.13 bits per heavy atom. The highest BCUT2D eigenvalue weighted by atomic mass is 35.5. The Labute approximate surface area is 183 Å². The van der Waals surface area contributed by atoms with Gasteiger partial charge < -0.3 is 10.2 Å². The Hall–Kier alpha value is -2.09. The van der Waals surface area contributed by atoms with Crippen LogP contribution in [0.25, 0.3) is 0 Å². The minimum absolute atomic E-state index is 0.0302. The van der Waals surface area contributed by atoms with Gasteiger partial charge in [-0.25, -0.2) is 13.1 Å². The van der Waals surface area contributed by atoms with E-state index in [1.54, 1.807) is 12.1 Å². The summed E-state index contributed by atoms with van der Waals surface area (Å²) in [7, 11) is -3.51. The highest BCUT2D eigenvalue weighted by molar-refractivity contribution is 7.89. The predicted octanol–water partition coefficient (Wildman–Crippen LogP) is 4.27. The molecule has 8 heteroatoms. The van der Waals surface area contributed by atoms with Gasteiger partial charge in [0, 0.05) is 41.9 Å². The number of anilines is 2. The van der Waals surface area contributed by atoms with E-state index in [0.717, 1.165) is 44.5 Å². The van der Waals surface area contributed by atoms with Crippen molar-refractivity contribution >= 4 is 38.9 Å². The van der Waals surface area contributed by atoms with E-state index >= 15 is 0 Å². The summed E-state index contributed by atoms with van der Waals surface area (Å²) in [5.74, 6) is -0.100. The molecule has 0 unspecified atom stereocenters. The molecule has 0 spiro atoms. The second kappa shape index (κ2) is 10.3. The van der Waals surface area contributed by atoms with Crippen LogP contribution in [-0.2, 0) is 14.8 Å². The Morgan fingerprint density at radius 2 is 1.83 bits per heavy atom. The van der Waals surface area contributed by atoms with Crippen LogP contribution in [0.15, 0.2) is 53.4 Å². The summed E-state index contributed by atoms with van der Waals surface area (Å²) in [6, 6.07) is 14.1. The van der Waals surface area contributed by atoms with E-state index in [2.05, 4.69) is 14.9 Å². The van der Waals surface area contributed by atoms with Crippen molar-refractivity contribution < 1.29 is 13.2 Å². The molecule has 2 aromatic rings. The van der Waals surface area contributed by atoms with Gasteiger partial charge in [0.05, 0.1) is 4.90 Å². The van der Waals surface area contributed by atoms with Gasteiger partial charge in [-0.05, 0) is 61.7 Å². The van der Waals surface area contributed by atoms with Crippen LogP contribution in [0.3, 0.4) is 0 Å². The van der Waals surface area contributed by atoms with Gasteiger partial charge in [-0.3, -0.25) is 4.79 Å². The Morgan fingerprint density at radius 3 is 2.47 bits per heavy atom. The van der Waals surface area contributed by atoms with Crippen molar-refractivity contribution in [3.8, 4) is 0 Å². The summed E-state index contributed by atoms with van der Waals surface area (Å²) in [4.78, 5) is 15.1. The fraction of sp³-hybridized carbons (Fsp3) is 0.409. The van der Waals surface area contributed by atoms with Crippen molar-refractivity contribution in [2.24, 2.45) is 5.92 Å². The van der Waals surface area contributed by atoms with Gasteiger partial charge >= 0.3 is 0 Å². The fourth-order valence-electron chi connectivity index (χ4n) is 3.50. The molecule has 1 aliphatic heterocycles. The Balaban J connectivity index is 1.53. The minimum Gasteiger partial charge on any atom is -0.371 e. The zero-order chi connectivity index (χ0) is 21.6. The lowest BCUT2D eigenvalue weighted by Crippen LogP contribution is -2.38. The van der Waals surface area contributed by atoms with Gasteiger partial charge in [0.1, 0.15) is 0 Å². The average Bonchev–Trinajstić information content (AvgIpc) is 2.74. The molecule has 1 heterocycles. The summed E-state index contributed by atoms with van der Waals surface area (Å²) >= 11 is 6.07. The Bertz CT molecular complexity index is 956. The SMILES string of the molecule is CCCCNS(=O)(=O)c1ccc(NC(=O)C2CCN(c3cccc(Cl)c3)CC2)cc1. The summed E-state index contributed by atoms with van der Waals surface area (Å²) in [5, 5.41) is 3.62. The number of rotatable bonds is 8. The molecule has 2 aromatic carbocycles. The first-order chi connectivity index (χ1) is 14.4. The summed E-state index contributed by atoms with van der Waals surface area (Å²) in [5.41, 5.74) is 1.68. The molecule has 2 N–H and O–H groups in total. The zero-order valence-electron chi connectivity index (χ0n) is 17.1. The van der Waals surface area contributed by atoms with E-state index < -0.39 is 10.0 Å². The largest absolute Gasteiger partial charge is 0.371 e. The molecule has 162 valence electrons. The number of carbonyl (C=O) groups excluding carboxylic acids is 1. The first-order valence-electron chi connectivity index (χ1n) is 10.3. The van der Waals surface area contributed by atoms with Gasteiger partial charge in [0.25, 0.3) is 0 Å². The van der Waals surface area contributed by atoms with Crippen molar-refractivity contribution in [1.29, 1.82) is 0 Å². The molecule has 1 fully saturated rings. The minimum atomic E-state index is -3.51. The molecule has 0 radical (unpaired) electrons. The number of unbranched alkanes of at least 4 members (excludes halogenated alkanes) is 1. The van der Waals surface area contributed by atoms with Gasteiger partial charge in [-0.1, -0.05) is 31.0 Å². The van der Waals surface area contributed by atoms with E-state index in [4.69, 9.17) is 11.6 Å². The van der Waals surface area contributed by atoms with Crippen molar-refractivity contribution in [2.75, 3.05) is 29.9 Å². The second-order valence-electron chi connectivity index (χ2n) is 7.51. The topological polar surface area (TPSA) is 78.5 Å². The smallest absolute Gasteiger partial charge is 0.240 e. The third-order valence-corrected chi connectivity index (χ3v) is 7.01. The van der Waals surface area contributed by atoms with E-state index in [1.807, 2.05) is 31.2 Å². The van der Waals surface area contributed by atoms with Crippen LogP contribution in [0.1, 0.15) is 32.6 Å². The van der Waals surface area contributed by atoms with Crippen molar-refractivity contribution in [3.05, 3.63) is 53.6 Å². The molecule has 0 bridgehead atoms. The number of benzene rings is 2. The number of halogens is 1. The van der Waals surface area contributed by atoms with Crippen LogP contribution in [0.4, 0.5) is 11.4 Å². The number of nitrogens with one attached hydrogen (secondary N) is 2. The predicted molar refractivity (Wildman–Crippen MR) is 122 cm³/mol. The van der Waals surface area contributed by atoms with Gasteiger partial charge in [0.15, 0.2) is 0 Å². The van der Waals surface area contributed by atoms with Crippen LogP contribution in [0, 0.1) is 5.92 Å². The van der Waals surface area contributed by atoms with E-state index in [-0.39, 0.29) is 16.7 Å². The monoisotopic (exact) mass is 449 g/mol. The van der Waals surface area contributed by atoms with E-state index in [0.29, 0.717) is 17.3 Å². The number of piperidine rings is 1. The first kappa shape index (κ1) is 22.6. The van der Waals surface area contributed by atoms with Crippen LogP contribution in [-0.4, -0.2) is 34.0 Å². The normalized spacial score (nSPS) is 15.2. The molecular formula is C22H28ClN3O3S. The van der Waals surface area contributed by atoms with Crippen LogP contribution in [0.2, 0.25) is 5.02 Å². The Kier molecular flexibility index (Phi) is 7.75. The molecule has 3 rings (SSSR count). The maximum absolute atomic E-state index is 12.6. The quantitative estimate of drug-likeness (QED) is 0.590. The summed E-state index contributed by atoms with van der Waals surface area (Å²) < 4.78 is 27.1. The maximum atomic E-state index is 12.6. The molecule has 30 heavy (non-hydrogen) atoms. The molecule has 1 saturated heterocycles. The highest BCUT2D eigenvalue weighted by Crippen LogP contribution is 2.26. The number of nitrogens with zero attached hydrogens (tertiary/aromatic N) is 1. The first-order valence-corrected chi connectivity index (χ1v) is 12.2. The number of hydrogen-bond acceptors (Lipinski definition) is 4. The molecule has 1 amide bonds. The lowest BCUT2D eigenvalue weighted by molar-refractivity contribution is -0.120. The van der Waals surface area contributed by atoms with Gasteiger partial charge in [0.2, 0.25) is 15.9 Å². The van der Waals surface area contributed by atoms with Crippen LogP contribution in [0.5, 0.6) is 0 Å². The lowest BCUT2D eigenvalue weighted by Gasteiger charge is -2.33. The van der Waals surface area contributed by atoms with Crippen molar-refractivity contribution in [3.63, 3.8) is 0 Å². The standard InChI is InChI=1S/C22H28ClN3O3S/c1-2-3-13-24-30(28,29)21-9-7-19(8-10-21)25-22(27)17-11-14-26(15-12-17)20-6-4-5-18(23)16-20/h4-10,16-17,24H,2-3,11-15H2,1H3,(H,25,27). The van der Waals surface area contributed by atoms with Crippen molar-refractivity contribution in [2.45, 2.75) is 37.5 Å². The third kappa shape index (κ3) is 5.97. The number of amides is 1. The number of carbonyl (C=O) groups is 1.